The van der Waals surface area contributed by atoms with Crippen LogP contribution in [0.25, 0.3) is 10.9 Å². The van der Waals surface area contributed by atoms with Crippen LogP contribution in [-0.4, -0.2) is 4.98 Å². The van der Waals surface area contributed by atoms with E-state index in [-0.39, 0.29) is 9.99 Å². The zero-order valence-corrected chi connectivity index (χ0v) is 12.7. The first-order chi connectivity index (χ1) is 7.82. The quantitative estimate of drug-likeness (QED) is 0.531. The Morgan fingerprint density at radius 1 is 1.00 bits per heavy atom. The SMILES string of the molecule is FC(F)(F)c1nc2c(Br)cccc2c(Br)c1Br. The molecule has 0 saturated carbocycles. The van der Waals surface area contributed by atoms with Gasteiger partial charge in [-0.15, -0.1) is 0 Å². The second kappa shape index (κ2) is 4.51. The molecule has 0 fully saturated rings. The summed E-state index contributed by atoms with van der Waals surface area (Å²) in [5.74, 6) is 0. The molecule has 0 aliphatic rings. The van der Waals surface area contributed by atoms with Gasteiger partial charge in [-0.2, -0.15) is 13.2 Å². The largest absolute Gasteiger partial charge is 0.434 e. The van der Waals surface area contributed by atoms with Gasteiger partial charge in [0, 0.05) is 14.3 Å². The van der Waals surface area contributed by atoms with Crippen molar-refractivity contribution in [2.24, 2.45) is 0 Å². The Morgan fingerprint density at radius 2 is 1.65 bits per heavy atom. The number of alkyl halides is 3. The summed E-state index contributed by atoms with van der Waals surface area (Å²) in [5, 5.41) is 0.610. The predicted molar refractivity (Wildman–Crippen MR) is 69.8 cm³/mol. The zero-order chi connectivity index (χ0) is 12.8. The van der Waals surface area contributed by atoms with Crippen molar-refractivity contribution in [1.29, 1.82) is 0 Å². The normalized spacial score (nSPS) is 12.1. The molecule has 0 bridgehead atoms. The van der Waals surface area contributed by atoms with Crippen molar-refractivity contribution in [3.05, 3.63) is 37.3 Å². The summed E-state index contributed by atoms with van der Waals surface area (Å²) in [5.41, 5.74) is -0.668. The Morgan fingerprint density at radius 3 is 2.24 bits per heavy atom. The Kier molecular flexibility index (Phi) is 3.53. The first kappa shape index (κ1) is 13.3. The molecule has 1 aromatic heterocycles. The van der Waals surface area contributed by atoms with E-state index in [1.54, 1.807) is 18.2 Å². The van der Waals surface area contributed by atoms with Gasteiger partial charge in [-0.1, -0.05) is 12.1 Å². The number of hydrogen-bond acceptors (Lipinski definition) is 1. The first-order valence-corrected chi connectivity index (χ1v) is 6.70. The minimum absolute atomic E-state index is 0.0874. The van der Waals surface area contributed by atoms with Crippen molar-refractivity contribution in [3.63, 3.8) is 0 Å². The lowest BCUT2D eigenvalue weighted by atomic mass is 10.2. The minimum Gasteiger partial charge on any atom is -0.241 e. The van der Waals surface area contributed by atoms with E-state index in [0.717, 1.165) is 0 Å². The molecule has 0 aliphatic heterocycles. The molecule has 2 aromatic rings. The molecule has 1 heterocycles. The highest BCUT2D eigenvalue weighted by Crippen LogP contribution is 2.41. The summed E-state index contributed by atoms with van der Waals surface area (Å²) >= 11 is 9.26. The van der Waals surface area contributed by atoms with Gasteiger partial charge in [0.2, 0.25) is 0 Å². The highest BCUT2D eigenvalue weighted by molar-refractivity contribution is 9.13. The van der Waals surface area contributed by atoms with Gasteiger partial charge in [0.1, 0.15) is 0 Å². The van der Waals surface area contributed by atoms with Crippen LogP contribution in [-0.2, 0) is 6.18 Å². The van der Waals surface area contributed by atoms with Crippen LogP contribution in [0.3, 0.4) is 0 Å². The maximum Gasteiger partial charge on any atom is 0.434 e. The number of aromatic nitrogens is 1. The minimum atomic E-state index is -4.50. The third kappa shape index (κ3) is 2.37. The van der Waals surface area contributed by atoms with Crippen LogP contribution in [0.5, 0.6) is 0 Å². The smallest absolute Gasteiger partial charge is 0.241 e. The van der Waals surface area contributed by atoms with Crippen LogP contribution in [0, 0.1) is 0 Å². The molecule has 0 spiro atoms. The molecule has 17 heavy (non-hydrogen) atoms. The van der Waals surface area contributed by atoms with E-state index in [4.69, 9.17) is 0 Å². The lowest BCUT2D eigenvalue weighted by Gasteiger charge is -2.12. The average molecular weight is 434 g/mol. The summed E-state index contributed by atoms with van der Waals surface area (Å²) in [7, 11) is 0. The number of para-hydroxylation sites is 1. The van der Waals surface area contributed by atoms with E-state index in [2.05, 4.69) is 52.8 Å². The van der Waals surface area contributed by atoms with Gasteiger partial charge < -0.3 is 0 Å². The van der Waals surface area contributed by atoms with Gasteiger partial charge in [-0.05, 0) is 53.9 Å². The molecule has 1 nitrogen and oxygen atoms in total. The maximum atomic E-state index is 12.8. The first-order valence-electron chi connectivity index (χ1n) is 4.33. The third-order valence-electron chi connectivity index (χ3n) is 2.12. The predicted octanol–water partition coefficient (Wildman–Crippen LogP) is 5.54. The van der Waals surface area contributed by atoms with Gasteiger partial charge in [-0.3, -0.25) is 0 Å². The Labute approximate surface area is 120 Å². The van der Waals surface area contributed by atoms with Gasteiger partial charge in [0.15, 0.2) is 5.69 Å². The molecule has 0 amide bonds. The third-order valence-corrected chi connectivity index (χ3v) is 4.88. The monoisotopic (exact) mass is 431 g/mol. The number of rotatable bonds is 0. The van der Waals surface area contributed by atoms with E-state index in [1.807, 2.05) is 0 Å². The molecule has 0 N–H and O–H groups in total. The fourth-order valence-electron chi connectivity index (χ4n) is 1.38. The second-order valence-corrected chi connectivity index (χ2v) is 5.66. The molecule has 2 rings (SSSR count). The number of fused-ring (bicyclic) bond motifs is 1. The molecule has 0 atom stereocenters. The zero-order valence-electron chi connectivity index (χ0n) is 7.95. The summed E-state index contributed by atoms with van der Waals surface area (Å²) in [6.07, 6.45) is -4.50. The van der Waals surface area contributed by atoms with Crippen LogP contribution in [0.2, 0.25) is 0 Å². The van der Waals surface area contributed by atoms with Crippen LogP contribution in [0.15, 0.2) is 31.6 Å². The Hall–Kier alpha value is -0.140. The molecule has 0 aliphatic carbocycles. The van der Waals surface area contributed by atoms with Gasteiger partial charge >= 0.3 is 6.18 Å². The lowest BCUT2D eigenvalue weighted by Crippen LogP contribution is -2.09. The summed E-state index contributed by atoms with van der Waals surface area (Å²) in [6, 6.07) is 5.08. The van der Waals surface area contributed by atoms with E-state index in [9.17, 15) is 13.2 Å². The molecular formula is C10H3Br3F3N. The van der Waals surface area contributed by atoms with E-state index < -0.39 is 11.9 Å². The number of benzene rings is 1. The number of halogens is 6. The summed E-state index contributed by atoms with van der Waals surface area (Å²) in [4.78, 5) is 3.66. The van der Waals surface area contributed by atoms with E-state index in [1.165, 1.54) is 0 Å². The number of hydrogen-bond donors (Lipinski definition) is 0. The molecule has 0 radical (unpaired) electrons. The van der Waals surface area contributed by atoms with Gasteiger partial charge in [0.05, 0.1) is 9.99 Å². The second-order valence-electron chi connectivity index (χ2n) is 3.22. The van der Waals surface area contributed by atoms with Crippen LogP contribution < -0.4 is 0 Å². The van der Waals surface area contributed by atoms with Gasteiger partial charge in [-0.25, -0.2) is 4.98 Å². The van der Waals surface area contributed by atoms with Crippen LogP contribution in [0.1, 0.15) is 5.69 Å². The lowest BCUT2D eigenvalue weighted by molar-refractivity contribution is -0.141. The van der Waals surface area contributed by atoms with E-state index in [0.29, 0.717) is 14.3 Å². The fourth-order valence-corrected chi connectivity index (χ4v) is 2.87. The average Bonchev–Trinajstić information content (AvgIpc) is 2.22. The van der Waals surface area contributed by atoms with Crippen molar-refractivity contribution >= 4 is 58.7 Å². The molecule has 0 saturated heterocycles. The fraction of sp³-hybridized carbons (Fsp3) is 0.100. The molecule has 1 aromatic carbocycles. The molecule has 0 unspecified atom stereocenters. The summed E-state index contributed by atoms with van der Waals surface area (Å²) in [6.45, 7) is 0. The summed E-state index contributed by atoms with van der Waals surface area (Å²) < 4.78 is 39.1. The van der Waals surface area contributed by atoms with Crippen molar-refractivity contribution in [1.82, 2.24) is 4.98 Å². The topological polar surface area (TPSA) is 12.9 Å². The van der Waals surface area contributed by atoms with Gasteiger partial charge in [0.25, 0.3) is 0 Å². The Bertz CT molecular complexity index is 595. The highest BCUT2D eigenvalue weighted by atomic mass is 79.9. The van der Waals surface area contributed by atoms with Crippen molar-refractivity contribution < 1.29 is 13.2 Å². The van der Waals surface area contributed by atoms with Crippen LogP contribution >= 0.6 is 47.8 Å². The van der Waals surface area contributed by atoms with Crippen LogP contribution in [0.4, 0.5) is 13.2 Å². The maximum absolute atomic E-state index is 12.8. The van der Waals surface area contributed by atoms with Crippen molar-refractivity contribution in [3.8, 4) is 0 Å². The molecular weight excluding hydrogens is 431 g/mol. The number of pyridine rings is 1. The van der Waals surface area contributed by atoms with Crippen molar-refractivity contribution in [2.75, 3.05) is 0 Å². The van der Waals surface area contributed by atoms with E-state index >= 15 is 0 Å². The molecule has 90 valence electrons. The highest BCUT2D eigenvalue weighted by Gasteiger charge is 2.36. The van der Waals surface area contributed by atoms with Crippen molar-refractivity contribution in [2.45, 2.75) is 6.18 Å². The standard InChI is InChI=1S/C10H3Br3F3N/c11-5-3-1-2-4-6(12)7(13)9(10(14,15)16)17-8(4)5/h1-3H. The number of nitrogens with zero attached hydrogens (tertiary/aromatic N) is 1. The Balaban J connectivity index is 2.91. The molecule has 7 heteroatoms.